The molecule has 2 rings (SSSR count). The average Bonchev–Trinajstić information content (AvgIpc) is 3.43. The molecule has 11 N–H and O–H groups in total. The SMILES string of the molecule is CC(O)C1NC(C)N(C(CCCCN)C(=O)N2CCCC2C(=O)NC(CCCN=C(N)N)C(N)=O)C1=O. The van der Waals surface area contributed by atoms with Crippen LogP contribution in [-0.2, 0) is 19.2 Å². The zero-order chi connectivity index (χ0) is 27.7. The molecule has 0 saturated carbocycles. The normalized spacial score (nSPS) is 24.0. The van der Waals surface area contributed by atoms with Crippen LogP contribution in [0.15, 0.2) is 4.99 Å². The van der Waals surface area contributed by atoms with Gasteiger partial charge in [0.2, 0.25) is 23.6 Å². The number of carbonyl (C=O) groups is 4. The molecule has 0 aromatic carbocycles. The molecule has 2 fully saturated rings. The number of aliphatic hydroxyl groups is 1. The summed E-state index contributed by atoms with van der Waals surface area (Å²) in [6.45, 7) is 4.36. The first-order chi connectivity index (χ1) is 17.5. The number of nitrogens with two attached hydrogens (primary N) is 4. The van der Waals surface area contributed by atoms with E-state index in [1.54, 1.807) is 6.92 Å². The van der Waals surface area contributed by atoms with E-state index in [-0.39, 0.29) is 30.7 Å². The first kappa shape index (κ1) is 30.3. The van der Waals surface area contributed by atoms with Crippen LogP contribution in [0.3, 0.4) is 0 Å². The van der Waals surface area contributed by atoms with E-state index in [9.17, 15) is 24.3 Å². The molecule has 2 aliphatic rings. The van der Waals surface area contributed by atoms with Gasteiger partial charge in [-0.05, 0) is 65.3 Å². The molecule has 0 spiro atoms. The molecule has 2 heterocycles. The van der Waals surface area contributed by atoms with Crippen molar-refractivity contribution in [3.63, 3.8) is 0 Å². The molecule has 6 atom stereocenters. The zero-order valence-electron chi connectivity index (χ0n) is 21.8. The highest BCUT2D eigenvalue weighted by molar-refractivity contribution is 5.95. The highest BCUT2D eigenvalue weighted by Crippen LogP contribution is 2.26. The molecule has 0 aliphatic carbocycles. The van der Waals surface area contributed by atoms with Crippen LogP contribution in [0.1, 0.15) is 58.8 Å². The van der Waals surface area contributed by atoms with Gasteiger partial charge >= 0.3 is 0 Å². The molecule has 0 aromatic rings. The molecule has 0 aromatic heterocycles. The van der Waals surface area contributed by atoms with E-state index in [2.05, 4.69) is 15.6 Å². The van der Waals surface area contributed by atoms with Gasteiger partial charge in [0.05, 0.1) is 12.3 Å². The number of primary amides is 1. The van der Waals surface area contributed by atoms with Crippen LogP contribution in [0, 0.1) is 0 Å². The maximum Gasteiger partial charge on any atom is 0.246 e. The number of guanidine groups is 1. The summed E-state index contributed by atoms with van der Waals surface area (Å²) in [7, 11) is 0. The summed E-state index contributed by atoms with van der Waals surface area (Å²) in [5.41, 5.74) is 21.7. The average molecular weight is 526 g/mol. The quantitative estimate of drug-likeness (QED) is 0.0695. The van der Waals surface area contributed by atoms with Gasteiger partial charge in [-0.3, -0.25) is 29.5 Å². The Balaban J connectivity index is 2.17. The molecule has 0 radical (unpaired) electrons. The predicted octanol–water partition coefficient (Wildman–Crippen LogP) is -2.97. The van der Waals surface area contributed by atoms with Crippen molar-refractivity contribution in [3.8, 4) is 0 Å². The van der Waals surface area contributed by atoms with Crippen LogP contribution in [-0.4, -0.2) is 101 Å². The number of amides is 4. The van der Waals surface area contributed by atoms with E-state index in [4.69, 9.17) is 22.9 Å². The van der Waals surface area contributed by atoms with Crippen LogP contribution < -0.4 is 33.6 Å². The van der Waals surface area contributed by atoms with Gasteiger partial charge in [-0.25, -0.2) is 0 Å². The van der Waals surface area contributed by atoms with Gasteiger partial charge < -0.3 is 43.2 Å². The minimum Gasteiger partial charge on any atom is -0.391 e. The van der Waals surface area contributed by atoms with Gasteiger partial charge in [-0.15, -0.1) is 0 Å². The van der Waals surface area contributed by atoms with E-state index in [1.165, 1.54) is 16.7 Å². The molecule has 37 heavy (non-hydrogen) atoms. The molecule has 4 amide bonds. The van der Waals surface area contributed by atoms with Crippen LogP contribution in [0.2, 0.25) is 0 Å². The standard InChI is InChI=1S/C23H43N9O5/c1-13(33)18-22(37)32(14(2)29-18)17(8-3-4-10-24)21(36)31-12-6-9-16(31)20(35)30-15(19(25)34)7-5-11-28-23(26)27/h13-18,29,33H,3-12,24H2,1-2H3,(H2,25,34)(H,30,35)(H4,26,27,28). The number of hydrogen-bond acceptors (Lipinski definition) is 8. The Hall–Kier alpha value is -2.97. The minimum absolute atomic E-state index is 0.0680. The third-order valence-electron chi connectivity index (χ3n) is 6.84. The van der Waals surface area contributed by atoms with E-state index in [1.807, 2.05) is 0 Å². The Labute approximate surface area is 217 Å². The smallest absolute Gasteiger partial charge is 0.246 e. The second-order valence-corrected chi connectivity index (χ2v) is 9.71. The Morgan fingerprint density at radius 2 is 1.89 bits per heavy atom. The first-order valence-corrected chi connectivity index (χ1v) is 12.9. The second kappa shape index (κ2) is 14.1. The van der Waals surface area contributed by atoms with Crippen molar-refractivity contribution in [2.45, 2.75) is 95.2 Å². The molecule has 2 saturated heterocycles. The van der Waals surface area contributed by atoms with Crippen molar-refractivity contribution in [2.75, 3.05) is 19.6 Å². The van der Waals surface area contributed by atoms with Gasteiger partial charge in [0, 0.05) is 13.1 Å². The lowest BCUT2D eigenvalue weighted by atomic mass is 10.0. The Morgan fingerprint density at radius 1 is 1.19 bits per heavy atom. The van der Waals surface area contributed by atoms with Crippen molar-refractivity contribution < 1.29 is 24.3 Å². The van der Waals surface area contributed by atoms with Gasteiger partial charge in [-0.2, -0.15) is 0 Å². The van der Waals surface area contributed by atoms with Crippen LogP contribution in [0.5, 0.6) is 0 Å². The van der Waals surface area contributed by atoms with Crippen LogP contribution in [0.4, 0.5) is 0 Å². The number of unbranched alkanes of at least 4 members (excludes halogenated alkanes) is 1. The van der Waals surface area contributed by atoms with E-state index >= 15 is 0 Å². The third-order valence-corrected chi connectivity index (χ3v) is 6.84. The summed E-state index contributed by atoms with van der Waals surface area (Å²) in [5.74, 6) is -1.94. The van der Waals surface area contributed by atoms with Gasteiger partial charge in [-0.1, -0.05) is 0 Å². The minimum atomic E-state index is -0.934. The number of hydrogen-bond donors (Lipinski definition) is 7. The van der Waals surface area contributed by atoms with Crippen molar-refractivity contribution in [1.82, 2.24) is 20.4 Å². The van der Waals surface area contributed by atoms with E-state index in [0.717, 1.165) is 0 Å². The maximum absolute atomic E-state index is 13.8. The molecule has 210 valence electrons. The number of aliphatic hydroxyl groups excluding tert-OH is 1. The lowest BCUT2D eigenvalue weighted by Crippen LogP contribution is -2.57. The Bertz CT molecular complexity index is 848. The topological polar surface area (TPSA) is 235 Å². The molecule has 6 unspecified atom stereocenters. The fourth-order valence-electron chi connectivity index (χ4n) is 4.95. The number of nitrogens with one attached hydrogen (secondary N) is 2. The Kier molecular flexibility index (Phi) is 11.5. The van der Waals surface area contributed by atoms with Crippen molar-refractivity contribution in [1.29, 1.82) is 0 Å². The van der Waals surface area contributed by atoms with Gasteiger partial charge in [0.25, 0.3) is 0 Å². The van der Waals surface area contributed by atoms with Crippen LogP contribution >= 0.6 is 0 Å². The number of carbonyl (C=O) groups excluding carboxylic acids is 4. The lowest BCUT2D eigenvalue weighted by Gasteiger charge is -2.35. The van der Waals surface area contributed by atoms with E-state index in [0.29, 0.717) is 51.6 Å². The summed E-state index contributed by atoms with van der Waals surface area (Å²) in [4.78, 5) is 58.8. The summed E-state index contributed by atoms with van der Waals surface area (Å²) in [6, 6.07) is -3.36. The molecule has 14 heteroatoms. The summed E-state index contributed by atoms with van der Waals surface area (Å²) in [5, 5.41) is 15.7. The molecule has 14 nitrogen and oxygen atoms in total. The van der Waals surface area contributed by atoms with Gasteiger partial charge in [0.15, 0.2) is 5.96 Å². The Morgan fingerprint density at radius 3 is 2.46 bits per heavy atom. The monoisotopic (exact) mass is 525 g/mol. The predicted molar refractivity (Wildman–Crippen MR) is 137 cm³/mol. The maximum atomic E-state index is 13.8. The number of rotatable bonds is 14. The molecular weight excluding hydrogens is 482 g/mol. The van der Waals surface area contributed by atoms with Crippen molar-refractivity contribution in [3.05, 3.63) is 0 Å². The number of nitrogens with zero attached hydrogens (tertiary/aromatic N) is 3. The highest BCUT2D eigenvalue weighted by Gasteiger charge is 2.47. The fourth-order valence-corrected chi connectivity index (χ4v) is 4.95. The zero-order valence-corrected chi connectivity index (χ0v) is 21.8. The fraction of sp³-hybridized carbons (Fsp3) is 0.783. The summed E-state index contributed by atoms with van der Waals surface area (Å²) in [6.07, 6.45) is 1.96. The van der Waals surface area contributed by atoms with Crippen LogP contribution in [0.25, 0.3) is 0 Å². The lowest BCUT2D eigenvalue weighted by molar-refractivity contribution is -0.149. The molecule has 0 bridgehead atoms. The second-order valence-electron chi connectivity index (χ2n) is 9.71. The van der Waals surface area contributed by atoms with E-state index < -0.39 is 48.3 Å². The van der Waals surface area contributed by atoms with Gasteiger partial charge in [0.1, 0.15) is 24.2 Å². The third kappa shape index (κ3) is 8.01. The van der Waals surface area contributed by atoms with Crippen molar-refractivity contribution in [2.24, 2.45) is 27.9 Å². The number of aliphatic imine (C=N–C) groups is 1. The molecule has 2 aliphatic heterocycles. The highest BCUT2D eigenvalue weighted by atomic mass is 16.3. The van der Waals surface area contributed by atoms with Crippen molar-refractivity contribution >= 4 is 29.6 Å². The number of likely N-dealkylation sites (tertiary alicyclic amines) is 1. The largest absolute Gasteiger partial charge is 0.391 e. The first-order valence-electron chi connectivity index (χ1n) is 12.9. The summed E-state index contributed by atoms with van der Waals surface area (Å²) >= 11 is 0. The molecular formula is C23H43N9O5. The summed E-state index contributed by atoms with van der Waals surface area (Å²) < 4.78 is 0.